The van der Waals surface area contributed by atoms with Crippen LogP contribution in [0.1, 0.15) is 25.7 Å². The number of carboxylic acids is 1. The standard InChI is InChI=1S/C22H27ClO5/c23-20-14-21(25)19(18(20)10-6-1-2-7-11-22(26)27)13-12-16(24)15-28-17-8-4-3-5-9-17/h2-6,8-9,12-13,16,18-21,24-25H,7,10-11,14-15H2,(H,26,27)/b13-12+/t1?,16-,18-,19-,20-,21-/m1/s1. The lowest BCUT2D eigenvalue weighted by Gasteiger charge is -2.19. The van der Waals surface area contributed by atoms with Crippen molar-refractivity contribution in [3.8, 4) is 5.75 Å². The molecule has 0 aliphatic heterocycles. The average molecular weight is 407 g/mol. The lowest BCUT2D eigenvalue weighted by atomic mass is 9.91. The molecule has 0 spiro atoms. The number of halogens is 1. The largest absolute Gasteiger partial charge is 0.491 e. The van der Waals surface area contributed by atoms with Gasteiger partial charge in [-0.1, -0.05) is 30.4 Å². The van der Waals surface area contributed by atoms with Crippen LogP contribution in [0.2, 0.25) is 0 Å². The Morgan fingerprint density at radius 1 is 1.32 bits per heavy atom. The second-order valence-corrected chi connectivity index (χ2v) is 7.44. The van der Waals surface area contributed by atoms with Crippen LogP contribution in [0.4, 0.5) is 0 Å². The molecule has 0 bridgehead atoms. The predicted octanol–water partition coefficient (Wildman–Crippen LogP) is 3.55. The SMILES string of the molecule is O=C(O)CCC=C=CC[C@@H]1[C@@H](/C=C/[C@@H](O)COc2ccccc2)[C@H](O)C[C@H]1Cl. The van der Waals surface area contributed by atoms with Crippen molar-refractivity contribution in [2.75, 3.05) is 6.61 Å². The third-order valence-electron chi connectivity index (χ3n) is 4.72. The van der Waals surface area contributed by atoms with Crippen LogP contribution >= 0.6 is 11.6 Å². The summed E-state index contributed by atoms with van der Waals surface area (Å²) in [7, 11) is 0. The van der Waals surface area contributed by atoms with Gasteiger partial charge in [0.25, 0.3) is 0 Å². The highest BCUT2D eigenvalue weighted by molar-refractivity contribution is 6.21. The fourth-order valence-corrected chi connectivity index (χ4v) is 3.70. The Bertz CT molecular complexity index is 696. The second-order valence-electron chi connectivity index (χ2n) is 6.88. The summed E-state index contributed by atoms with van der Waals surface area (Å²) in [5.41, 5.74) is 2.98. The molecule has 3 N–H and O–H groups in total. The van der Waals surface area contributed by atoms with E-state index in [1.165, 1.54) is 0 Å². The van der Waals surface area contributed by atoms with Crippen molar-refractivity contribution in [2.24, 2.45) is 11.8 Å². The number of alkyl halides is 1. The molecular weight excluding hydrogens is 380 g/mol. The maximum Gasteiger partial charge on any atom is 0.303 e. The van der Waals surface area contributed by atoms with Crippen molar-refractivity contribution in [1.29, 1.82) is 0 Å². The number of hydrogen-bond donors (Lipinski definition) is 3. The van der Waals surface area contributed by atoms with Gasteiger partial charge in [-0.25, -0.2) is 0 Å². The van der Waals surface area contributed by atoms with Gasteiger partial charge in [-0.15, -0.1) is 17.3 Å². The zero-order chi connectivity index (χ0) is 20.4. The van der Waals surface area contributed by atoms with Crippen LogP contribution in [-0.2, 0) is 4.79 Å². The van der Waals surface area contributed by atoms with Gasteiger partial charge in [0.1, 0.15) is 18.5 Å². The monoisotopic (exact) mass is 406 g/mol. The maximum atomic E-state index is 10.5. The molecule has 5 nitrogen and oxygen atoms in total. The van der Waals surface area contributed by atoms with Crippen molar-refractivity contribution in [1.82, 2.24) is 0 Å². The lowest BCUT2D eigenvalue weighted by Crippen LogP contribution is -2.20. The van der Waals surface area contributed by atoms with E-state index in [4.69, 9.17) is 21.4 Å². The summed E-state index contributed by atoms with van der Waals surface area (Å²) in [6.45, 7) is 0.129. The Balaban J connectivity index is 1.87. The van der Waals surface area contributed by atoms with Crippen molar-refractivity contribution in [3.05, 3.63) is 60.4 Å². The molecule has 5 atom stereocenters. The van der Waals surface area contributed by atoms with E-state index in [-0.39, 0.29) is 30.2 Å². The minimum absolute atomic E-state index is 0.0236. The van der Waals surface area contributed by atoms with E-state index in [0.29, 0.717) is 25.0 Å². The van der Waals surface area contributed by atoms with Crippen molar-refractivity contribution >= 4 is 17.6 Å². The van der Waals surface area contributed by atoms with Crippen molar-refractivity contribution in [3.63, 3.8) is 0 Å². The lowest BCUT2D eigenvalue weighted by molar-refractivity contribution is -0.136. The normalized spacial score (nSPS) is 25.2. The van der Waals surface area contributed by atoms with E-state index in [9.17, 15) is 15.0 Å². The Morgan fingerprint density at radius 3 is 2.79 bits per heavy atom. The van der Waals surface area contributed by atoms with Crippen LogP contribution < -0.4 is 4.74 Å². The van der Waals surface area contributed by atoms with Gasteiger partial charge >= 0.3 is 5.97 Å². The first-order valence-electron chi connectivity index (χ1n) is 9.45. The molecule has 0 heterocycles. The van der Waals surface area contributed by atoms with E-state index in [0.717, 1.165) is 0 Å². The first-order chi connectivity index (χ1) is 13.5. The molecule has 1 aromatic carbocycles. The van der Waals surface area contributed by atoms with E-state index in [1.54, 1.807) is 12.2 Å². The first-order valence-corrected chi connectivity index (χ1v) is 9.88. The van der Waals surface area contributed by atoms with Crippen LogP contribution in [0, 0.1) is 11.8 Å². The fraction of sp³-hybridized carbons (Fsp3) is 0.455. The summed E-state index contributed by atoms with van der Waals surface area (Å²) < 4.78 is 5.53. The molecule has 1 aliphatic carbocycles. The van der Waals surface area contributed by atoms with Gasteiger partial charge in [-0.05, 0) is 49.5 Å². The zero-order valence-electron chi connectivity index (χ0n) is 15.7. The summed E-state index contributed by atoms with van der Waals surface area (Å²) in [6, 6.07) is 9.26. The molecule has 2 rings (SSSR count). The van der Waals surface area contributed by atoms with Crippen LogP contribution in [0.25, 0.3) is 0 Å². The van der Waals surface area contributed by atoms with Crippen molar-refractivity contribution in [2.45, 2.75) is 43.3 Å². The van der Waals surface area contributed by atoms with Gasteiger partial charge in [0, 0.05) is 17.7 Å². The first kappa shape index (κ1) is 22.3. The zero-order valence-corrected chi connectivity index (χ0v) is 16.4. The Kier molecular flexibility index (Phi) is 9.32. The van der Waals surface area contributed by atoms with Gasteiger partial charge in [0.2, 0.25) is 0 Å². The van der Waals surface area contributed by atoms with E-state index >= 15 is 0 Å². The molecule has 6 heteroatoms. The molecular formula is C22H27ClO5. The number of rotatable bonds is 10. The Labute approximate surface area is 170 Å². The summed E-state index contributed by atoms with van der Waals surface area (Å²) in [4.78, 5) is 10.5. The molecule has 1 saturated carbocycles. The van der Waals surface area contributed by atoms with Crippen LogP contribution in [0.15, 0.2) is 60.4 Å². The molecule has 0 saturated heterocycles. The number of carboxylic acid groups (broad SMARTS) is 1. The molecule has 0 amide bonds. The maximum absolute atomic E-state index is 10.5. The molecule has 0 radical (unpaired) electrons. The highest BCUT2D eigenvalue weighted by Gasteiger charge is 2.39. The summed E-state index contributed by atoms with van der Waals surface area (Å²) in [5.74, 6) is -0.284. The molecule has 0 unspecified atom stereocenters. The molecule has 0 aromatic heterocycles. The number of ether oxygens (including phenoxy) is 1. The number of aliphatic hydroxyl groups excluding tert-OH is 2. The summed E-state index contributed by atoms with van der Waals surface area (Å²) in [6.07, 6.45) is 7.27. The molecule has 1 aliphatic rings. The minimum Gasteiger partial charge on any atom is -0.491 e. The average Bonchev–Trinajstić information content (AvgIpc) is 2.94. The Hall–Kier alpha value is -2.04. The molecule has 1 aromatic rings. The van der Waals surface area contributed by atoms with E-state index in [1.807, 2.05) is 42.5 Å². The summed E-state index contributed by atoms with van der Waals surface area (Å²) >= 11 is 6.39. The van der Waals surface area contributed by atoms with Crippen LogP contribution in [0.5, 0.6) is 5.75 Å². The number of aliphatic carboxylic acids is 1. The van der Waals surface area contributed by atoms with Crippen molar-refractivity contribution < 1.29 is 24.9 Å². The number of aliphatic hydroxyl groups is 2. The highest BCUT2D eigenvalue weighted by Crippen LogP contribution is 2.39. The fourth-order valence-electron chi connectivity index (χ4n) is 3.24. The molecule has 28 heavy (non-hydrogen) atoms. The predicted molar refractivity (Wildman–Crippen MR) is 108 cm³/mol. The van der Waals surface area contributed by atoms with Crippen LogP contribution in [-0.4, -0.2) is 45.5 Å². The molecule has 152 valence electrons. The third kappa shape index (κ3) is 7.53. The number of allylic oxidation sites excluding steroid dienone is 1. The van der Waals surface area contributed by atoms with Crippen LogP contribution in [0.3, 0.4) is 0 Å². The smallest absolute Gasteiger partial charge is 0.303 e. The quantitative estimate of drug-likeness (QED) is 0.314. The Morgan fingerprint density at radius 2 is 2.07 bits per heavy atom. The van der Waals surface area contributed by atoms with E-state index in [2.05, 4.69) is 5.73 Å². The number of para-hydroxylation sites is 1. The number of benzene rings is 1. The number of carbonyl (C=O) groups is 1. The second kappa shape index (κ2) is 11.7. The van der Waals surface area contributed by atoms with Gasteiger partial charge < -0.3 is 20.1 Å². The molecule has 1 fully saturated rings. The van der Waals surface area contributed by atoms with Gasteiger partial charge in [-0.3, -0.25) is 4.79 Å². The number of hydrogen-bond acceptors (Lipinski definition) is 4. The topological polar surface area (TPSA) is 87.0 Å². The van der Waals surface area contributed by atoms with Gasteiger partial charge in [0.15, 0.2) is 0 Å². The van der Waals surface area contributed by atoms with Gasteiger partial charge in [0.05, 0.1) is 6.10 Å². The van der Waals surface area contributed by atoms with E-state index < -0.39 is 18.2 Å². The summed E-state index contributed by atoms with van der Waals surface area (Å²) in [5, 5.41) is 28.9. The minimum atomic E-state index is -0.835. The van der Waals surface area contributed by atoms with Gasteiger partial charge in [-0.2, -0.15) is 0 Å². The highest BCUT2D eigenvalue weighted by atomic mass is 35.5. The third-order valence-corrected chi connectivity index (χ3v) is 5.22.